The van der Waals surface area contributed by atoms with Gasteiger partial charge in [-0.15, -0.1) is 0 Å². The maximum atomic E-state index is 13.3. The van der Waals surface area contributed by atoms with Crippen molar-refractivity contribution in [1.82, 2.24) is 24.6 Å². The van der Waals surface area contributed by atoms with Crippen molar-refractivity contribution in [2.45, 2.75) is 13.8 Å². The van der Waals surface area contributed by atoms with E-state index in [9.17, 15) is 19.5 Å². The number of aromatic nitrogens is 3. The molecule has 1 fully saturated rings. The molecule has 2 heterocycles. The first kappa shape index (κ1) is 29.0. The van der Waals surface area contributed by atoms with Crippen molar-refractivity contribution in [3.05, 3.63) is 114 Å². The molecule has 1 amide bonds. The smallest absolute Gasteiger partial charge is 0.349 e. The van der Waals surface area contributed by atoms with Crippen LogP contribution in [0.1, 0.15) is 27.2 Å². The summed E-state index contributed by atoms with van der Waals surface area (Å²) in [6, 6.07) is 18.2. The molecule has 0 radical (unpaired) electrons. The normalized spacial score (nSPS) is 13.9. The van der Waals surface area contributed by atoms with Gasteiger partial charge in [0.2, 0.25) is 5.69 Å². The third kappa shape index (κ3) is 6.53. The van der Waals surface area contributed by atoms with Gasteiger partial charge in [-0.05, 0) is 76.8 Å². The van der Waals surface area contributed by atoms with E-state index in [1.54, 1.807) is 29.2 Å². The Morgan fingerprint density at radius 3 is 2.38 bits per heavy atom. The second-order valence-electron chi connectivity index (χ2n) is 10.0. The summed E-state index contributed by atoms with van der Waals surface area (Å²) < 4.78 is 7.56. The van der Waals surface area contributed by atoms with Crippen molar-refractivity contribution in [1.29, 1.82) is 0 Å². The van der Waals surface area contributed by atoms with Gasteiger partial charge in [0, 0.05) is 32.7 Å². The quantitative estimate of drug-likeness (QED) is 0.312. The van der Waals surface area contributed by atoms with Crippen molar-refractivity contribution in [3.8, 4) is 22.9 Å². The summed E-state index contributed by atoms with van der Waals surface area (Å²) in [5.74, 6) is 0.661. The van der Waals surface area contributed by atoms with Crippen molar-refractivity contribution < 1.29 is 14.6 Å². The van der Waals surface area contributed by atoms with Crippen LogP contribution in [0.15, 0.2) is 80.8 Å². The zero-order chi connectivity index (χ0) is 29.8. The fraction of sp³-hybridized carbons (Fsp3) is 0.226. The van der Waals surface area contributed by atoms with E-state index in [2.05, 4.69) is 43.1 Å². The number of H-pyrrole nitrogens is 1. The van der Waals surface area contributed by atoms with Gasteiger partial charge in [-0.25, -0.2) is 4.79 Å². The van der Waals surface area contributed by atoms with Gasteiger partial charge in [0.1, 0.15) is 17.2 Å². The summed E-state index contributed by atoms with van der Waals surface area (Å²) in [5, 5.41) is 14.0. The van der Waals surface area contributed by atoms with Crippen molar-refractivity contribution >= 4 is 27.9 Å². The number of benzene rings is 3. The van der Waals surface area contributed by atoms with Gasteiger partial charge in [0.15, 0.2) is 0 Å². The highest BCUT2D eigenvalue weighted by Gasteiger charge is 2.26. The number of carbonyl (C=O) groups is 1. The lowest BCUT2D eigenvalue weighted by molar-refractivity contribution is 0.0640. The van der Waals surface area contributed by atoms with E-state index in [1.165, 1.54) is 6.07 Å². The number of amides is 1. The van der Waals surface area contributed by atoms with E-state index >= 15 is 0 Å². The zero-order valence-electron chi connectivity index (χ0n) is 23.2. The molecule has 1 aliphatic rings. The molecule has 5 rings (SSSR count). The molecule has 4 aromatic rings. The van der Waals surface area contributed by atoms with Gasteiger partial charge < -0.3 is 14.7 Å². The third-order valence-electron chi connectivity index (χ3n) is 6.99. The molecule has 10 nitrogen and oxygen atoms in total. The molecule has 11 heteroatoms. The summed E-state index contributed by atoms with van der Waals surface area (Å²) in [6.07, 6.45) is 4.16. The number of phenols is 1. The minimum Gasteiger partial charge on any atom is -0.507 e. The number of hydrogen-bond acceptors (Lipinski definition) is 7. The van der Waals surface area contributed by atoms with E-state index in [1.807, 2.05) is 44.2 Å². The number of nitrogens with one attached hydrogen (secondary N) is 1. The molecule has 1 aliphatic heterocycles. The number of carbonyl (C=O) groups excluding carboxylic acids is 1. The number of aryl methyl sites for hydroxylation is 2. The van der Waals surface area contributed by atoms with E-state index < -0.39 is 17.2 Å². The average Bonchev–Trinajstić information content (AvgIpc) is 2.97. The predicted octanol–water partition coefficient (Wildman–Crippen LogP) is 4.27. The van der Waals surface area contributed by atoms with Gasteiger partial charge in [0.05, 0.1) is 10.2 Å². The Hall–Kier alpha value is -4.48. The van der Waals surface area contributed by atoms with Crippen LogP contribution in [0.3, 0.4) is 0 Å². The Morgan fingerprint density at radius 1 is 1.02 bits per heavy atom. The molecule has 1 aromatic heterocycles. The molecule has 3 aromatic carbocycles. The molecule has 2 N–H and O–H groups in total. The molecular formula is C31H30BrN5O5. The lowest BCUT2D eigenvalue weighted by Crippen LogP contribution is -2.50. The van der Waals surface area contributed by atoms with E-state index in [-0.39, 0.29) is 11.4 Å². The van der Waals surface area contributed by atoms with Crippen LogP contribution in [0.5, 0.6) is 17.2 Å². The lowest BCUT2D eigenvalue weighted by atomic mass is 10.1. The summed E-state index contributed by atoms with van der Waals surface area (Å²) >= 11 is 3.28. The Labute approximate surface area is 250 Å². The van der Waals surface area contributed by atoms with E-state index in [4.69, 9.17) is 4.74 Å². The minimum absolute atomic E-state index is 0.0953. The van der Waals surface area contributed by atoms with Crippen LogP contribution in [-0.2, 0) is 0 Å². The van der Waals surface area contributed by atoms with Gasteiger partial charge in [-0.2, -0.15) is 9.78 Å². The van der Waals surface area contributed by atoms with Crippen LogP contribution in [0.25, 0.3) is 11.8 Å². The second kappa shape index (κ2) is 12.6. The summed E-state index contributed by atoms with van der Waals surface area (Å²) in [7, 11) is 0. The Bertz CT molecular complexity index is 1730. The van der Waals surface area contributed by atoms with Gasteiger partial charge in [0.25, 0.3) is 11.5 Å². The molecule has 1 saturated heterocycles. The number of aromatic hydroxyl groups is 1. The molecule has 0 saturated carbocycles. The maximum Gasteiger partial charge on any atom is 0.349 e. The fourth-order valence-corrected chi connectivity index (χ4v) is 5.14. The zero-order valence-corrected chi connectivity index (χ0v) is 24.8. The van der Waals surface area contributed by atoms with E-state index in [0.717, 1.165) is 16.8 Å². The highest BCUT2D eigenvalue weighted by molar-refractivity contribution is 9.10. The van der Waals surface area contributed by atoms with Crippen LogP contribution in [-0.4, -0.2) is 68.3 Å². The first-order chi connectivity index (χ1) is 20.2. The van der Waals surface area contributed by atoms with Crippen molar-refractivity contribution in [2.24, 2.45) is 0 Å². The maximum absolute atomic E-state index is 13.3. The largest absolute Gasteiger partial charge is 0.507 e. The number of piperazine rings is 1. The second-order valence-corrected chi connectivity index (χ2v) is 10.9. The predicted molar refractivity (Wildman–Crippen MR) is 164 cm³/mol. The van der Waals surface area contributed by atoms with Crippen molar-refractivity contribution in [3.63, 3.8) is 0 Å². The number of halogens is 1. The van der Waals surface area contributed by atoms with Crippen molar-refractivity contribution in [2.75, 3.05) is 32.7 Å². The lowest BCUT2D eigenvalue weighted by Gasteiger charge is -2.33. The van der Waals surface area contributed by atoms with E-state index in [0.29, 0.717) is 59.0 Å². The molecule has 0 aliphatic carbocycles. The van der Waals surface area contributed by atoms with Crippen LogP contribution < -0.4 is 16.0 Å². The number of ether oxygens (including phenoxy) is 1. The first-order valence-corrected chi connectivity index (χ1v) is 14.2. The molecule has 0 bridgehead atoms. The summed E-state index contributed by atoms with van der Waals surface area (Å²) in [5.41, 5.74) is 1.03. The molecule has 0 spiro atoms. The molecule has 42 heavy (non-hydrogen) atoms. The van der Waals surface area contributed by atoms with Crippen LogP contribution in [0.2, 0.25) is 0 Å². The molecule has 216 valence electrons. The van der Waals surface area contributed by atoms with Crippen LogP contribution >= 0.6 is 15.9 Å². The third-order valence-corrected chi connectivity index (χ3v) is 7.63. The molecule has 0 atom stereocenters. The fourth-order valence-electron chi connectivity index (χ4n) is 4.78. The average molecular weight is 633 g/mol. The number of hydrogen-bond donors (Lipinski definition) is 2. The van der Waals surface area contributed by atoms with Crippen LogP contribution in [0.4, 0.5) is 0 Å². The number of nitrogens with zero attached hydrogens (tertiary/aromatic N) is 4. The summed E-state index contributed by atoms with van der Waals surface area (Å²) in [4.78, 5) is 44.8. The topological polar surface area (TPSA) is 121 Å². The molecule has 0 unspecified atom stereocenters. The highest BCUT2D eigenvalue weighted by Crippen LogP contribution is 2.34. The van der Waals surface area contributed by atoms with Gasteiger partial charge in [-0.1, -0.05) is 42.5 Å². The SMILES string of the molecule is Cc1cc(-n2nc(C(=O)N3CCN(C/C=C/c4ccccc4)CC3)c(=O)[nH]c2=O)cc(C)c1Oc1ccc(O)c(Br)c1. The monoisotopic (exact) mass is 631 g/mol. The number of rotatable bonds is 7. The Balaban J connectivity index is 1.30. The first-order valence-electron chi connectivity index (χ1n) is 13.4. The number of aromatic amines is 1. The number of phenolic OH excluding ortho intramolecular Hbond substituents is 1. The standard InChI is InChI=1S/C31H30BrN5O5/c1-20-17-23(18-21(2)28(20)42-24-10-11-26(38)25(32)19-24)37-31(41)33-29(39)27(34-37)30(40)36-15-13-35(14-16-36)12-6-9-22-7-4-3-5-8-22/h3-11,17-19,38H,12-16H2,1-2H3,(H,33,39,41)/b9-6+. The Morgan fingerprint density at radius 2 is 1.71 bits per heavy atom. The highest BCUT2D eigenvalue weighted by atomic mass is 79.9. The minimum atomic E-state index is -0.819. The molecular weight excluding hydrogens is 602 g/mol. The Kier molecular flexibility index (Phi) is 8.69. The van der Waals surface area contributed by atoms with Gasteiger partial charge in [-0.3, -0.25) is 19.5 Å². The van der Waals surface area contributed by atoms with Crippen LogP contribution in [0, 0.1) is 13.8 Å². The summed E-state index contributed by atoms with van der Waals surface area (Å²) in [6.45, 7) is 6.58. The van der Waals surface area contributed by atoms with Gasteiger partial charge >= 0.3 is 5.69 Å².